The summed E-state index contributed by atoms with van der Waals surface area (Å²) < 4.78 is 7.23. The first-order valence-electron chi connectivity index (χ1n) is 9.70. The molecular formula is C21H27N5O2S. The van der Waals surface area contributed by atoms with Gasteiger partial charge in [-0.15, -0.1) is 11.3 Å². The maximum atomic E-state index is 12.7. The van der Waals surface area contributed by atoms with Gasteiger partial charge < -0.3 is 14.6 Å². The lowest BCUT2D eigenvalue weighted by molar-refractivity contribution is 0.0948. The number of nitrogens with zero attached hydrogens (tertiary/aromatic N) is 4. The third kappa shape index (κ3) is 5.07. The van der Waals surface area contributed by atoms with E-state index in [9.17, 15) is 4.79 Å². The Hall–Kier alpha value is -2.58. The molecule has 0 unspecified atom stereocenters. The highest BCUT2D eigenvalue weighted by Crippen LogP contribution is 2.31. The van der Waals surface area contributed by atoms with Crippen LogP contribution in [0.2, 0.25) is 0 Å². The minimum atomic E-state index is -0.0632. The highest BCUT2D eigenvalue weighted by Gasteiger charge is 2.21. The number of thiazole rings is 1. The lowest BCUT2D eigenvalue weighted by Gasteiger charge is -2.13. The van der Waals surface area contributed by atoms with Crippen LogP contribution >= 0.6 is 11.3 Å². The van der Waals surface area contributed by atoms with Crippen LogP contribution in [0.1, 0.15) is 36.3 Å². The van der Waals surface area contributed by atoms with Crippen LogP contribution in [-0.2, 0) is 11.3 Å². The van der Waals surface area contributed by atoms with Gasteiger partial charge in [0.15, 0.2) is 0 Å². The SMILES string of the molecule is COCCCNC(=O)c1cc(-c2csc(-c3cnccn3)n2)n(CC(C)C)c1C. The molecule has 0 spiro atoms. The zero-order chi connectivity index (χ0) is 20.8. The van der Waals surface area contributed by atoms with Gasteiger partial charge in [0.05, 0.1) is 23.1 Å². The lowest BCUT2D eigenvalue weighted by atomic mass is 10.2. The first-order chi connectivity index (χ1) is 14.0. The van der Waals surface area contributed by atoms with Crippen molar-refractivity contribution in [3.05, 3.63) is 41.3 Å². The first kappa shape index (κ1) is 21.1. The van der Waals surface area contributed by atoms with Gasteiger partial charge in [-0.25, -0.2) is 4.98 Å². The number of carbonyl (C=O) groups is 1. The quantitative estimate of drug-likeness (QED) is 0.540. The Labute approximate surface area is 175 Å². The summed E-state index contributed by atoms with van der Waals surface area (Å²) in [5, 5.41) is 5.81. The Morgan fingerprint density at radius 1 is 1.31 bits per heavy atom. The zero-order valence-electron chi connectivity index (χ0n) is 17.3. The van der Waals surface area contributed by atoms with Gasteiger partial charge in [0.25, 0.3) is 5.91 Å². The van der Waals surface area contributed by atoms with E-state index in [1.54, 1.807) is 25.7 Å². The summed E-state index contributed by atoms with van der Waals surface area (Å²) in [5.41, 5.74) is 4.18. The second-order valence-corrected chi connectivity index (χ2v) is 8.12. The van der Waals surface area contributed by atoms with Crippen LogP contribution in [0.15, 0.2) is 30.0 Å². The van der Waals surface area contributed by atoms with E-state index in [0.29, 0.717) is 24.6 Å². The second kappa shape index (κ2) is 9.76. The number of hydrogen-bond donors (Lipinski definition) is 1. The Balaban J connectivity index is 1.91. The lowest BCUT2D eigenvalue weighted by Crippen LogP contribution is -2.25. The Bertz CT molecular complexity index is 949. The molecule has 29 heavy (non-hydrogen) atoms. The average Bonchev–Trinajstić information content (AvgIpc) is 3.31. The molecule has 0 aliphatic carbocycles. The van der Waals surface area contributed by atoms with Gasteiger partial charge in [-0.1, -0.05) is 13.8 Å². The van der Waals surface area contributed by atoms with E-state index in [4.69, 9.17) is 9.72 Å². The van der Waals surface area contributed by atoms with Crippen molar-refractivity contribution >= 4 is 17.2 Å². The minimum absolute atomic E-state index is 0.0632. The largest absolute Gasteiger partial charge is 0.385 e. The molecule has 0 radical (unpaired) electrons. The number of nitrogens with one attached hydrogen (secondary N) is 1. The Morgan fingerprint density at radius 3 is 2.83 bits per heavy atom. The number of methoxy groups -OCH3 is 1. The van der Waals surface area contributed by atoms with Crippen LogP contribution in [0.5, 0.6) is 0 Å². The van der Waals surface area contributed by atoms with Crippen molar-refractivity contribution in [2.24, 2.45) is 5.92 Å². The van der Waals surface area contributed by atoms with Crippen LogP contribution in [0.25, 0.3) is 22.1 Å². The van der Waals surface area contributed by atoms with Gasteiger partial charge in [-0.3, -0.25) is 14.8 Å². The predicted octanol–water partition coefficient (Wildman–Crippen LogP) is 3.80. The monoisotopic (exact) mass is 413 g/mol. The summed E-state index contributed by atoms with van der Waals surface area (Å²) in [4.78, 5) is 26.0. The van der Waals surface area contributed by atoms with Crippen molar-refractivity contribution in [1.29, 1.82) is 0 Å². The molecule has 0 saturated heterocycles. The molecule has 0 atom stereocenters. The summed E-state index contributed by atoms with van der Waals surface area (Å²) in [5.74, 6) is 0.377. The highest BCUT2D eigenvalue weighted by molar-refractivity contribution is 7.13. The fourth-order valence-electron chi connectivity index (χ4n) is 3.12. The van der Waals surface area contributed by atoms with E-state index in [0.717, 1.165) is 40.7 Å². The van der Waals surface area contributed by atoms with Crippen LogP contribution in [0, 0.1) is 12.8 Å². The Morgan fingerprint density at radius 2 is 2.14 bits per heavy atom. The molecule has 8 heteroatoms. The molecule has 0 saturated carbocycles. The summed E-state index contributed by atoms with van der Waals surface area (Å²) in [6, 6.07) is 1.94. The fraction of sp³-hybridized carbons (Fsp3) is 0.429. The third-order valence-electron chi connectivity index (χ3n) is 4.52. The van der Waals surface area contributed by atoms with Gasteiger partial charge >= 0.3 is 0 Å². The maximum absolute atomic E-state index is 12.7. The van der Waals surface area contributed by atoms with Crippen LogP contribution in [0.4, 0.5) is 0 Å². The minimum Gasteiger partial charge on any atom is -0.385 e. The summed E-state index contributed by atoms with van der Waals surface area (Å²) >= 11 is 1.53. The molecule has 154 valence electrons. The molecule has 3 aromatic heterocycles. The summed E-state index contributed by atoms with van der Waals surface area (Å²) in [7, 11) is 1.66. The molecule has 1 amide bonds. The van der Waals surface area contributed by atoms with Crippen molar-refractivity contribution < 1.29 is 9.53 Å². The van der Waals surface area contributed by atoms with E-state index in [1.165, 1.54) is 11.3 Å². The second-order valence-electron chi connectivity index (χ2n) is 7.26. The maximum Gasteiger partial charge on any atom is 0.253 e. The van der Waals surface area contributed by atoms with E-state index in [1.807, 2.05) is 18.4 Å². The van der Waals surface area contributed by atoms with Crippen molar-refractivity contribution in [3.8, 4) is 22.1 Å². The number of hydrogen-bond acceptors (Lipinski definition) is 6. The molecule has 7 nitrogen and oxygen atoms in total. The van der Waals surface area contributed by atoms with Gasteiger partial charge in [-0.05, 0) is 25.3 Å². The molecule has 3 aromatic rings. The molecule has 3 rings (SSSR count). The van der Waals surface area contributed by atoms with Gasteiger partial charge in [0, 0.05) is 50.3 Å². The molecule has 0 aromatic carbocycles. The van der Waals surface area contributed by atoms with Crippen molar-refractivity contribution in [2.75, 3.05) is 20.3 Å². The normalized spacial score (nSPS) is 11.2. The van der Waals surface area contributed by atoms with Gasteiger partial charge in [0.2, 0.25) is 0 Å². The van der Waals surface area contributed by atoms with Crippen molar-refractivity contribution in [2.45, 2.75) is 33.7 Å². The Kier molecular flexibility index (Phi) is 7.11. The number of carbonyl (C=O) groups excluding carboxylic acids is 1. The number of amides is 1. The van der Waals surface area contributed by atoms with Crippen molar-refractivity contribution in [3.63, 3.8) is 0 Å². The van der Waals surface area contributed by atoms with Gasteiger partial charge in [0.1, 0.15) is 10.7 Å². The fourth-order valence-corrected chi connectivity index (χ4v) is 3.89. The zero-order valence-corrected chi connectivity index (χ0v) is 18.1. The summed E-state index contributed by atoms with van der Waals surface area (Å²) in [6.45, 7) is 8.36. The smallest absolute Gasteiger partial charge is 0.253 e. The van der Waals surface area contributed by atoms with E-state index >= 15 is 0 Å². The molecule has 0 aliphatic heterocycles. The van der Waals surface area contributed by atoms with E-state index in [2.05, 4.69) is 33.7 Å². The molecule has 0 bridgehead atoms. The standard InChI is InChI=1S/C21H27N5O2S/c1-14(2)12-26-15(3)16(20(27)24-6-5-9-28-4)10-19(26)18-13-29-21(25-18)17-11-22-7-8-23-17/h7-8,10-11,13-14H,5-6,9,12H2,1-4H3,(H,24,27). The van der Waals surface area contributed by atoms with Crippen LogP contribution in [-0.4, -0.2) is 45.7 Å². The molecule has 0 aliphatic rings. The van der Waals surface area contributed by atoms with Crippen LogP contribution < -0.4 is 5.32 Å². The molecular weight excluding hydrogens is 386 g/mol. The van der Waals surface area contributed by atoms with E-state index < -0.39 is 0 Å². The predicted molar refractivity (Wildman–Crippen MR) is 115 cm³/mol. The molecule has 0 fully saturated rings. The number of aromatic nitrogens is 4. The summed E-state index contributed by atoms with van der Waals surface area (Å²) in [6.07, 6.45) is 5.80. The number of ether oxygens (including phenoxy) is 1. The number of rotatable bonds is 9. The first-order valence-corrected chi connectivity index (χ1v) is 10.6. The highest BCUT2D eigenvalue weighted by atomic mass is 32.1. The average molecular weight is 414 g/mol. The van der Waals surface area contributed by atoms with Gasteiger partial charge in [-0.2, -0.15) is 0 Å². The topological polar surface area (TPSA) is 81.9 Å². The van der Waals surface area contributed by atoms with Crippen LogP contribution in [0.3, 0.4) is 0 Å². The third-order valence-corrected chi connectivity index (χ3v) is 5.38. The molecule has 1 N–H and O–H groups in total. The van der Waals surface area contributed by atoms with Crippen molar-refractivity contribution in [1.82, 2.24) is 24.8 Å². The molecule has 3 heterocycles. The van der Waals surface area contributed by atoms with E-state index in [-0.39, 0.29) is 5.91 Å².